The molecule has 1 aliphatic heterocycles. The number of hydrogen-bond acceptors (Lipinski definition) is 3. The summed E-state index contributed by atoms with van der Waals surface area (Å²) in [6, 6.07) is 9.36. The molecule has 0 aromatic heterocycles. The van der Waals surface area contributed by atoms with Crippen molar-refractivity contribution >= 4 is 10.0 Å². The summed E-state index contributed by atoms with van der Waals surface area (Å²) in [5.74, 6) is -0.0142. The van der Waals surface area contributed by atoms with Gasteiger partial charge in [-0.3, -0.25) is 0 Å². The third kappa shape index (κ3) is 3.45. The van der Waals surface area contributed by atoms with Crippen molar-refractivity contribution < 1.29 is 8.42 Å². The van der Waals surface area contributed by atoms with Gasteiger partial charge in [0.1, 0.15) is 0 Å². The highest BCUT2D eigenvalue weighted by molar-refractivity contribution is 7.89. The average Bonchev–Trinajstić information content (AvgIpc) is 2.46. The molecule has 1 aliphatic rings. The van der Waals surface area contributed by atoms with E-state index in [1.54, 1.807) is 12.1 Å². The Labute approximate surface area is 127 Å². The molecule has 1 fully saturated rings. The second kappa shape index (κ2) is 5.78. The molecule has 2 rings (SSSR count). The first-order valence-electron chi connectivity index (χ1n) is 7.25. The van der Waals surface area contributed by atoms with Crippen molar-refractivity contribution in [2.75, 3.05) is 13.1 Å². The Bertz CT molecular complexity index is 628. The van der Waals surface area contributed by atoms with Gasteiger partial charge in [-0.1, -0.05) is 32.9 Å². The van der Waals surface area contributed by atoms with Crippen LogP contribution in [0.3, 0.4) is 0 Å². The highest BCUT2D eigenvalue weighted by Gasteiger charge is 2.29. The molecule has 0 N–H and O–H groups in total. The van der Waals surface area contributed by atoms with Crippen molar-refractivity contribution in [2.45, 2.75) is 43.9 Å². The Kier molecular flexibility index (Phi) is 4.40. The van der Waals surface area contributed by atoms with Gasteiger partial charge in [0, 0.05) is 19.0 Å². The van der Waals surface area contributed by atoms with Crippen LogP contribution >= 0.6 is 0 Å². The van der Waals surface area contributed by atoms with Crippen molar-refractivity contribution in [3.8, 4) is 6.07 Å². The monoisotopic (exact) mass is 306 g/mol. The van der Waals surface area contributed by atoms with Crippen LogP contribution in [0.2, 0.25) is 0 Å². The Balaban J connectivity index is 2.19. The van der Waals surface area contributed by atoms with Gasteiger partial charge in [0.2, 0.25) is 10.0 Å². The highest BCUT2D eigenvalue weighted by Crippen LogP contribution is 2.26. The Morgan fingerprint density at radius 3 is 2.10 bits per heavy atom. The second-order valence-electron chi connectivity index (χ2n) is 6.58. The number of sulfonamides is 1. The lowest BCUT2D eigenvalue weighted by molar-refractivity contribution is 0.310. The summed E-state index contributed by atoms with van der Waals surface area (Å²) in [7, 11) is -3.43. The summed E-state index contributed by atoms with van der Waals surface area (Å²) in [6.45, 7) is 7.17. The van der Waals surface area contributed by atoms with Gasteiger partial charge in [-0.25, -0.2) is 8.42 Å². The normalized spacial score (nSPS) is 18.4. The van der Waals surface area contributed by atoms with Gasteiger partial charge in [-0.2, -0.15) is 9.57 Å². The lowest BCUT2D eigenvalue weighted by Crippen LogP contribution is -2.38. The van der Waals surface area contributed by atoms with Gasteiger partial charge in [0.15, 0.2) is 0 Å². The maximum absolute atomic E-state index is 12.6. The van der Waals surface area contributed by atoms with Gasteiger partial charge >= 0.3 is 0 Å². The first-order valence-corrected chi connectivity index (χ1v) is 8.69. The van der Waals surface area contributed by atoms with Crippen LogP contribution in [-0.2, 0) is 15.4 Å². The maximum atomic E-state index is 12.6. The van der Waals surface area contributed by atoms with Gasteiger partial charge < -0.3 is 0 Å². The zero-order valence-electron chi connectivity index (χ0n) is 12.8. The Hall–Kier alpha value is -1.38. The predicted molar refractivity (Wildman–Crippen MR) is 82.2 cm³/mol. The first-order chi connectivity index (χ1) is 9.75. The van der Waals surface area contributed by atoms with E-state index in [9.17, 15) is 8.42 Å². The summed E-state index contributed by atoms with van der Waals surface area (Å²) in [5.41, 5.74) is 1.12. The molecule has 5 heteroatoms. The van der Waals surface area contributed by atoms with E-state index in [2.05, 4.69) is 26.8 Å². The van der Waals surface area contributed by atoms with Gasteiger partial charge in [0.25, 0.3) is 0 Å². The van der Waals surface area contributed by atoms with E-state index in [1.807, 2.05) is 12.1 Å². The fourth-order valence-electron chi connectivity index (χ4n) is 2.50. The molecule has 21 heavy (non-hydrogen) atoms. The van der Waals surface area contributed by atoms with Crippen LogP contribution in [0.4, 0.5) is 0 Å². The molecule has 0 bridgehead atoms. The fraction of sp³-hybridized carbons (Fsp3) is 0.562. The number of rotatable bonds is 2. The second-order valence-corrected chi connectivity index (χ2v) is 8.52. The molecule has 1 saturated heterocycles. The summed E-state index contributed by atoms with van der Waals surface area (Å²) in [6.07, 6.45) is 1.24. The molecule has 114 valence electrons. The highest BCUT2D eigenvalue weighted by atomic mass is 32.2. The third-order valence-corrected chi connectivity index (χ3v) is 5.91. The van der Waals surface area contributed by atoms with Crippen LogP contribution in [0.5, 0.6) is 0 Å². The SMILES string of the molecule is CC(C)(C)c1ccc(S(=O)(=O)N2CCC(C#N)CC2)cc1. The Morgan fingerprint density at radius 1 is 1.14 bits per heavy atom. The van der Waals surface area contributed by atoms with E-state index < -0.39 is 10.0 Å². The number of piperidine rings is 1. The van der Waals surface area contributed by atoms with Gasteiger partial charge in [0.05, 0.1) is 11.0 Å². The molecule has 0 radical (unpaired) electrons. The third-order valence-electron chi connectivity index (χ3n) is 3.99. The zero-order chi connectivity index (χ0) is 15.7. The smallest absolute Gasteiger partial charge is 0.207 e. The van der Waals surface area contributed by atoms with Gasteiger partial charge in [-0.05, 0) is 36.0 Å². The summed E-state index contributed by atoms with van der Waals surface area (Å²) in [5, 5.41) is 8.89. The molecule has 0 aliphatic carbocycles. The molecule has 0 unspecified atom stereocenters. The van der Waals surface area contributed by atoms with Crippen molar-refractivity contribution in [1.29, 1.82) is 5.26 Å². The lowest BCUT2D eigenvalue weighted by atomic mass is 9.87. The molecule has 1 aromatic carbocycles. The largest absolute Gasteiger partial charge is 0.243 e. The molecule has 0 atom stereocenters. The van der Waals surface area contributed by atoms with Crippen molar-refractivity contribution in [3.05, 3.63) is 29.8 Å². The van der Waals surface area contributed by atoms with Crippen LogP contribution in [0.25, 0.3) is 0 Å². The van der Waals surface area contributed by atoms with Crippen molar-refractivity contribution in [3.63, 3.8) is 0 Å². The van der Waals surface area contributed by atoms with E-state index in [0.29, 0.717) is 30.8 Å². The van der Waals surface area contributed by atoms with Crippen LogP contribution in [0, 0.1) is 17.2 Å². The summed E-state index contributed by atoms with van der Waals surface area (Å²) >= 11 is 0. The molecule has 0 spiro atoms. The first kappa shape index (κ1) is 16.0. The quantitative estimate of drug-likeness (QED) is 0.844. The van der Waals surface area contributed by atoms with E-state index in [-0.39, 0.29) is 11.3 Å². The minimum atomic E-state index is -3.43. The average molecular weight is 306 g/mol. The molecule has 0 saturated carbocycles. The van der Waals surface area contributed by atoms with E-state index in [4.69, 9.17) is 5.26 Å². The molecular formula is C16H22N2O2S. The maximum Gasteiger partial charge on any atom is 0.243 e. The van der Waals surface area contributed by atoms with E-state index in [1.165, 1.54) is 4.31 Å². The number of nitriles is 1. The Morgan fingerprint density at radius 2 is 1.67 bits per heavy atom. The minimum absolute atomic E-state index is 0.00737. The van der Waals surface area contributed by atoms with Gasteiger partial charge in [-0.15, -0.1) is 0 Å². The van der Waals surface area contributed by atoms with Crippen molar-refractivity contribution in [1.82, 2.24) is 4.31 Å². The molecule has 1 heterocycles. The molecular weight excluding hydrogens is 284 g/mol. The summed E-state index contributed by atoms with van der Waals surface area (Å²) < 4.78 is 26.7. The van der Waals surface area contributed by atoms with Crippen LogP contribution in [0.1, 0.15) is 39.2 Å². The molecule has 0 amide bonds. The fourth-order valence-corrected chi connectivity index (χ4v) is 3.97. The van der Waals surface area contributed by atoms with Crippen molar-refractivity contribution in [2.24, 2.45) is 5.92 Å². The number of benzene rings is 1. The topological polar surface area (TPSA) is 61.2 Å². The van der Waals surface area contributed by atoms with Crippen LogP contribution < -0.4 is 0 Å². The van der Waals surface area contributed by atoms with E-state index in [0.717, 1.165) is 5.56 Å². The number of nitrogens with zero attached hydrogens (tertiary/aromatic N) is 2. The van der Waals surface area contributed by atoms with Crippen LogP contribution in [0.15, 0.2) is 29.2 Å². The predicted octanol–water partition coefficient (Wildman–Crippen LogP) is 2.91. The zero-order valence-corrected chi connectivity index (χ0v) is 13.7. The number of hydrogen-bond donors (Lipinski definition) is 0. The molecule has 1 aromatic rings. The standard InChI is InChI=1S/C16H22N2O2S/c1-16(2,3)14-4-6-15(7-5-14)21(19,20)18-10-8-13(12-17)9-11-18/h4-7,13H,8-11H2,1-3H3. The summed E-state index contributed by atoms with van der Waals surface area (Å²) in [4.78, 5) is 0.339. The molecule has 4 nitrogen and oxygen atoms in total. The van der Waals surface area contributed by atoms with E-state index >= 15 is 0 Å². The minimum Gasteiger partial charge on any atom is -0.207 e. The lowest BCUT2D eigenvalue weighted by Gasteiger charge is -2.28. The van der Waals surface area contributed by atoms with Crippen LogP contribution in [-0.4, -0.2) is 25.8 Å².